The fraction of sp³-hybridized carbons (Fsp3) is 0.500. The van der Waals surface area contributed by atoms with Crippen molar-refractivity contribution < 1.29 is 17.6 Å². The van der Waals surface area contributed by atoms with E-state index in [1.807, 2.05) is 16.9 Å². The summed E-state index contributed by atoms with van der Waals surface area (Å²) >= 11 is 0. The number of rotatable bonds is 9. The SMILES string of the molecule is O=C(CCC1CCN(S(=O)(=O)c2cccc(F)c2)CC1)NCCCn1cccn1. The van der Waals surface area contributed by atoms with Gasteiger partial charge in [-0.1, -0.05) is 6.07 Å². The molecule has 0 atom stereocenters. The minimum atomic E-state index is -3.67. The van der Waals surface area contributed by atoms with E-state index >= 15 is 0 Å². The molecule has 7 nitrogen and oxygen atoms in total. The van der Waals surface area contributed by atoms with Gasteiger partial charge in [-0.3, -0.25) is 9.48 Å². The molecule has 1 amide bonds. The molecule has 1 N–H and O–H groups in total. The molecule has 0 bridgehead atoms. The summed E-state index contributed by atoms with van der Waals surface area (Å²) < 4.78 is 41.9. The van der Waals surface area contributed by atoms with E-state index in [2.05, 4.69) is 10.4 Å². The molecule has 1 aliphatic heterocycles. The maximum atomic E-state index is 13.4. The van der Waals surface area contributed by atoms with Crippen LogP contribution < -0.4 is 5.32 Å². The first-order chi connectivity index (χ1) is 13.9. The van der Waals surface area contributed by atoms with Gasteiger partial charge in [0, 0.05) is 45.0 Å². The Balaban J connectivity index is 1.35. The van der Waals surface area contributed by atoms with Crippen LogP contribution in [0.2, 0.25) is 0 Å². The third kappa shape index (κ3) is 6.11. The summed E-state index contributed by atoms with van der Waals surface area (Å²) in [4.78, 5) is 12.0. The topological polar surface area (TPSA) is 84.3 Å². The van der Waals surface area contributed by atoms with Gasteiger partial charge in [0.25, 0.3) is 0 Å². The van der Waals surface area contributed by atoms with E-state index in [0.29, 0.717) is 44.8 Å². The van der Waals surface area contributed by atoms with Crippen LogP contribution in [0.4, 0.5) is 4.39 Å². The fourth-order valence-corrected chi connectivity index (χ4v) is 5.04. The van der Waals surface area contributed by atoms with Gasteiger partial charge in [-0.05, 0) is 55.9 Å². The highest BCUT2D eigenvalue weighted by molar-refractivity contribution is 7.89. The number of carbonyl (C=O) groups is 1. The van der Waals surface area contributed by atoms with Crippen LogP contribution in [0.5, 0.6) is 0 Å². The van der Waals surface area contributed by atoms with Crippen molar-refractivity contribution in [3.05, 3.63) is 48.5 Å². The number of hydrogen-bond donors (Lipinski definition) is 1. The molecule has 0 aliphatic carbocycles. The zero-order valence-electron chi connectivity index (χ0n) is 16.3. The number of aryl methyl sites for hydroxylation is 1. The minimum absolute atomic E-state index is 0.00885. The lowest BCUT2D eigenvalue weighted by Crippen LogP contribution is -2.38. The lowest BCUT2D eigenvalue weighted by molar-refractivity contribution is -0.121. The van der Waals surface area contributed by atoms with Gasteiger partial charge in [0.05, 0.1) is 4.90 Å². The summed E-state index contributed by atoms with van der Waals surface area (Å²) in [5.41, 5.74) is 0. The van der Waals surface area contributed by atoms with Gasteiger partial charge in [-0.2, -0.15) is 9.40 Å². The number of amides is 1. The van der Waals surface area contributed by atoms with Crippen molar-refractivity contribution in [2.45, 2.75) is 43.5 Å². The molecule has 3 rings (SSSR count). The highest BCUT2D eigenvalue weighted by atomic mass is 32.2. The lowest BCUT2D eigenvalue weighted by atomic mass is 9.93. The van der Waals surface area contributed by atoms with Gasteiger partial charge in [0.15, 0.2) is 0 Å². The molecule has 0 unspecified atom stereocenters. The fourth-order valence-electron chi connectivity index (χ4n) is 3.54. The molecule has 1 aliphatic rings. The molecule has 29 heavy (non-hydrogen) atoms. The molecule has 158 valence electrons. The van der Waals surface area contributed by atoms with E-state index in [9.17, 15) is 17.6 Å². The zero-order chi connectivity index (χ0) is 20.7. The number of nitrogens with zero attached hydrogens (tertiary/aromatic N) is 3. The smallest absolute Gasteiger partial charge is 0.243 e. The molecular formula is C20H27FN4O3S. The van der Waals surface area contributed by atoms with Crippen LogP contribution in [0.15, 0.2) is 47.6 Å². The van der Waals surface area contributed by atoms with E-state index in [1.165, 1.54) is 22.5 Å². The van der Waals surface area contributed by atoms with E-state index < -0.39 is 15.8 Å². The summed E-state index contributed by atoms with van der Waals surface area (Å²) in [6.07, 6.45) is 7.06. The van der Waals surface area contributed by atoms with Crippen LogP contribution in [0.1, 0.15) is 32.1 Å². The van der Waals surface area contributed by atoms with Gasteiger partial charge in [-0.15, -0.1) is 0 Å². The molecule has 9 heteroatoms. The van der Waals surface area contributed by atoms with Crippen LogP contribution >= 0.6 is 0 Å². The first-order valence-electron chi connectivity index (χ1n) is 9.95. The predicted molar refractivity (Wildman–Crippen MR) is 107 cm³/mol. The van der Waals surface area contributed by atoms with Crippen molar-refractivity contribution in [3.63, 3.8) is 0 Å². The summed E-state index contributed by atoms with van der Waals surface area (Å²) in [6, 6.07) is 6.98. The Hall–Kier alpha value is -2.26. The molecule has 1 fully saturated rings. The van der Waals surface area contributed by atoms with Crippen molar-refractivity contribution in [1.82, 2.24) is 19.4 Å². The summed E-state index contributed by atoms with van der Waals surface area (Å²) in [5, 5.41) is 7.04. The molecule has 0 spiro atoms. The Morgan fingerprint density at radius 3 is 2.72 bits per heavy atom. The number of nitrogens with one attached hydrogen (secondary N) is 1. The molecule has 1 aromatic carbocycles. The number of sulfonamides is 1. The van der Waals surface area contributed by atoms with Gasteiger partial charge < -0.3 is 5.32 Å². The number of carbonyl (C=O) groups excluding carboxylic acids is 1. The van der Waals surface area contributed by atoms with Crippen LogP contribution in [0.3, 0.4) is 0 Å². The normalized spacial score (nSPS) is 16.0. The summed E-state index contributed by atoms with van der Waals surface area (Å²) in [7, 11) is -3.67. The van der Waals surface area contributed by atoms with Crippen molar-refractivity contribution in [2.24, 2.45) is 5.92 Å². The zero-order valence-corrected chi connectivity index (χ0v) is 17.2. The molecule has 1 saturated heterocycles. The monoisotopic (exact) mass is 422 g/mol. The average Bonchev–Trinajstić information content (AvgIpc) is 3.23. The third-order valence-electron chi connectivity index (χ3n) is 5.23. The van der Waals surface area contributed by atoms with Crippen LogP contribution in [0, 0.1) is 11.7 Å². The highest BCUT2D eigenvalue weighted by Crippen LogP contribution is 2.26. The summed E-state index contributed by atoms with van der Waals surface area (Å²) in [5.74, 6) is -0.208. The molecular weight excluding hydrogens is 395 g/mol. The van der Waals surface area contributed by atoms with Crippen molar-refractivity contribution in [3.8, 4) is 0 Å². The molecule has 2 aromatic rings. The average molecular weight is 423 g/mol. The second-order valence-electron chi connectivity index (χ2n) is 7.32. The minimum Gasteiger partial charge on any atom is -0.356 e. The summed E-state index contributed by atoms with van der Waals surface area (Å²) in [6.45, 7) is 2.18. The van der Waals surface area contributed by atoms with Crippen molar-refractivity contribution in [1.29, 1.82) is 0 Å². The van der Waals surface area contributed by atoms with Crippen molar-refractivity contribution in [2.75, 3.05) is 19.6 Å². The maximum Gasteiger partial charge on any atom is 0.243 e. The Morgan fingerprint density at radius 1 is 1.24 bits per heavy atom. The second kappa shape index (κ2) is 9.98. The number of hydrogen-bond acceptors (Lipinski definition) is 4. The molecule has 1 aromatic heterocycles. The second-order valence-corrected chi connectivity index (χ2v) is 9.25. The first kappa shape index (κ1) is 21.4. The van der Waals surface area contributed by atoms with E-state index in [0.717, 1.165) is 25.5 Å². The van der Waals surface area contributed by atoms with Gasteiger partial charge in [0.1, 0.15) is 5.82 Å². The quantitative estimate of drug-likeness (QED) is 0.629. The Morgan fingerprint density at radius 2 is 2.03 bits per heavy atom. The van der Waals surface area contributed by atoms with Crippen LogP contribution in [0.25, 0.3) is 0 Å². The first-order valence-corrected chi connectivity index (χ1v) is 11.4. The lowest BCUT2D eigenvalue weighted by Gasteiger charge is -2.31. The largest absolute Gasteiger partial charge is 0.356 e. The van der Waals surface area contributed by atoms with E-state index in [4.69, 9.17) is 0 Å². The third-order valence-corrected chi connectivity index (χ3v) is 7.13. The van der Waals surface area contributed by atoms with Gasteiger partial charge in [-0.25, -0.2) is 12.8 Å². The Labute approximate surface area is 171 Å². The Kier molecular flexibility index (Phi) is 7.38. The predicted octanol–water partition coefficient (Wildman–Crippen LogP) is 2.41. The van der Waals surface area contributed by atoms with Crippen molar-refractivity contribution >= 4 is 15.9 Å². The van der Waals surface area contributed by atoms with Crippen LogP contribution in [-0.2, 0) is 21.4 Å². The maximum absolute atomic E-state index is 13.4. The number of piperidine rings is 1. The molecule has 2 heterocycles. The Bertz CT molecular complexity index is 894. The van der Waals surface area contributed by atoms with Crippen LogP contribution in [-0.4, -0.2) is 48.0 Å². The number of aromatic nitrogens is 2. The van der Waals surface area contributed by atoms with Gasteiger partial charge >= 0.3 is 0 Å². The number of halogens is 1. The molecule has 0 radical (unpaired) electrons. The highest BCUT2D eigenvalue weighted by Gasteiger charge is 2.29. The van der Waals surface area contributed by atoms with E-state index in [-0.39, 0.29) is 10.8 Å². The standard InChI is InChI=1S/C20H27FN4O3S/c21-18-4-1-5-19(16-18)29(27,28)25-14-8-17(9-15-25)6-7-20(26)22-10-2-12-24-13-3-11-23-24/h1,3-5,11,13,16-17H,2,6-10,12,14-15H2,(H,22,26). The molecule has 0 saturated carbocycles. The number of benzene rings is 1. The van der Waals surface area contributed by atoms with Gasteiger partial charge in [0.2, 0.25) is 15.9 Å². The van der Waals surface area contributed by atoms with E-state index in [1.54, 1.807) is 6.20 Å².